The van der Waals surface area contributed by atoms with Gasteiger partial charge in [0.2, 0.25) is 34.7 Å². The number of fused-ring (bicyclic) bond motifs is 36. The summed E-state index contributed by atoms with van der Waals surface area (Å²) in [5.74, 6) is 6.57. The van der Waals surface area contributed by atoms with Gasteiger partial charge in [-0.15, -0.1) is 0 Å². The van der Waals surface area contributed by atoms with E-state index in [-0.39, 0.29) is 5.41 Å². The van der Waals surface area contributed by atoms with Gasteiger partial charge in [0.25, 0.3) is 0 Å². The van der Waals surface area contributed by atoms with Crippen LogP contribution >= 0.6 is 0 Å². The largest absolute Gasteiger partial charge is 0.497 e. The zero-order valence-corrected chi connectivity index (χ0v) is 59.4. The van der Waals surface area contributed by atoms with Crippen molar-refractivity contribution in [3.8, 4) is 5.75 Å². The summed E-state index contributed by atoms with van der Waals surface area (Å²) in [6.07, 6.45) is 0. The van der Waals surface area contributed by atoms with E-state index >= 15 is 0 Å². The van der Waals surface area contributed by atoms with Crippen molar-refractivity contribution in [1.29, 1.82) is 0 Å². The quantitative estimate of drug-likeness (QED) is 0.169. The Morgan fingerprint density at radius 3 is 0.657 bits per heavy atom. The highest BCUT2D eigenvalue weighted by Crippen LogP contribution is 2.44. The first-order valence-corrected chi connectivity index (χ1v) is 36.9. The Hall–Kier alpha value is -14.1. The Kier molecular flexibility index (Phi) is 10.9. The summed E-state index contributed by atoms with van der Waals surface area (Å²) in [5.41, 5.74) is 25.5. The van der Waals surface area contributed by atoms with Gasteiger partial charge in [0.1, 0.15) is 22.3 Å². The third-order valence-corrected chi connectivity index (χ3v) is 23.3. The second kappa shape index (κ2) is 20.2. The molecule has 108 heavy (non-hydrogen) atoms. The molecule has 0 aliphatic rings. The van der Waals surface area contributed by atoms with Crippen LogP contribution in [0.5, 0.6) is 5.75 Å². The first kappa shape index (κ1) is 58.3. The zero-order valence-electron chi connectivity index (χ0n) is 59.4. The van der Waals surface area contributed by atoms with Gasteiger partial charge in [-0.1, -0.05) is 180 Å². The monoisotopic (exact) mass is 1390 g/mol. The van der Waals surface area contributed by atoms with Crippen LogP contribution < -0.4 is 4.74 Å². The number of hydrogen-bond donors (Lipinski definition) is 0. The minimum atomic E-state index is -0.00592. The van der Waals surface area contributed by atoms with Crippen molar-refractivity contribution in [2.24, 2.45) is 0 Å². The van der Waals surface area contributed by atoms with Crippen molar-refractivity contribution < 1.29 is 4.74 Å². The van der Waals surface area contributed by atoms with E-state index in [1.807, 2.05) is 0 Å². The van der Waals surface area contributed by atoms with Gasteiger partial charge in [-0.2, -0.15) is 0 Å². The van der Waals surface area contributed by atoms with E-state index in [2.05, 4.69) is 329 Å². The number of hydrogen-bond acceptors (Lipinski definition) is 7. The van der Waals surface area contributed by atoms with Gasteiger partial charge in [-0.25, -0.2) is 43.1 Å². The molecule has 0 atom stereocenters. The first-order chi connectivity index (χ1) is 52.9. The summed E-state index contributed by atoms with van der Waals surface area (Å²) in [4.78, 5) is 31.0. The Labute approximate surface area is 610 Å². The Bertz CT molecular complexity index is 8180. The minimum absolute atomic E-state index is 0.00592. The van der Waals surface area contributed by atoms with E-state index < -0.39 is 0 Å². The lowest BCUT2D eigenvalue weighted by atomic mass is 9.86. The van der Waals surface area contributed by atoms with Crippen LogP contribution in [-0.4, -0.2) is 76.6 Å². The molecular weight excluding hydrogens is 1330 g/mol. The lowest BCUT2D eigenvalue weighted by Crippen LogP contribution is -2.11. The molecule has 0 radical (unpaired) electrons. The number of nitrogens with zero attached hydrogens (tertiary/aromatic N) is 15. The molecule has 27 rings (SSSR count). The molecule has 510 valence electrons. The molecule has 0 saturated carbocycles. The van der Waals surface area contributed by atoms with Gasteiger partial charge < -0.3 is 4.74 Å². The first-order valence-electron chi connectivity index (χ1n) is 36.9. The van der Waals surface area contributed by atoms with E-state index in [4.69, 9.17) is 34.6 Å². The number of rotatable bonds is 2. The second-order valence-electron chi connectivity index (χ2n) is 30.8. The second-order valence-corrected chi connectivity index (χ2v) is 30.8. The van der Waals surface area contributed by atoms with E-state index in [1.54, 1.807) is 7.11 Å². The lowest BCUT2D eigenvalue weighted by Gasteiger charge is -2.19. The molecule has 0 N–H and O–H groups in total. The molecular formula is C92H61N15O. The van der Waals surface area contributed by atoms with Crippen LogP contribution in [0.3, 0.4) is 0 Å². The maximum Gasteiger partial charge on any atom is 0.223 e. The number of ether oxygens (including phenoxy) is 1. The summed E-state index contributed by atoms with van der Waals surface area (Å²) in [5, 5.41) is 14.5. The zero-order chi connectivity index (χ0) is 71.2. The van der Waals surface area contributed by atoms with Crippen LogP contribution in [-0.2, 0) is 5.41 Å². The number of methoxy groups -OCH3 is 1. The molecule has 15 aromatic carbocycles. The minimum Gasteiger partial charge on any atom is -0.497 e. The maximum atomic E-state index is 5.76. The third kappa shape index (κ3) is 7.61. The highest BCUT2D eigenvalue weighted by Gasteiger charge is 2.30. The summed E-state index contributed by atoms with van der Waals surface area (Å²) in [6.45, 7) is 11.4. The van der Waals surface area contributed by atoms with Crippen molar-refractivity contribution >= 4 is 215 Å². The van der Waals surface area contributed by atoms with Crippen molar-refractivity contribution in [3.63, 3.8) is 0 Å². The van der Waals surface area contributed by atoms with Crippen molar-refractivity contribution in [1.82, 2.24) is 69.5 Å². The van der Waals surface area contributed by atoms with E-state index in [0.717, 1.165) is 123 Å². The van der Waals surface area contributed by atoms with Gasteiger partial charge >= 0.3 is 0 Å². The molecule has 0 unspecified atom stereocenters. The average molecular weight is 1390 g/mol. The van der Waals surface area contributed by atoms with Crippen LogP contribution in [0, 0.1) is 0 Å². The van der Waals surface area contributed by atoms with Gasteiger partial charge in [-0.05, 0) is 184 Å². The van der Waals surface area contributed by atoms with Crippen LogP contribution in [0.15, 0.2) is 255 Å². The van der Waals surface area contributed by atoms with Gasteiger partial charge in [0.15, 0.2) is 0 Å². The molecule has 16 nitrogen and oxygen atoms in total. The van der Waals surface area contributed by atoms with Crippen LogP contribution in [0.25, 0.3) is 215 Å². The summed E-state index contributed by atoms with van der Waals surface area (Å²) in [7, 11) is 1.72. The summed E-state index contributed by atoms with van der Waals surface area (Å²) < 4.78 is 26.3. The Morgan fingerprint density at radius 1 is 0.250 bits per heavy atom. The topological polar surface area (TPSA) is 126 Å². The maximum absolute atomic E-state index is 5.76. The van der Waals surface area contributed by atoms with Crippen LogP contribution in [0.1, 0.15) is 51.7 Å². The fourth-order valence-electron chi connectivity index (χ4n) is 18.1. The molecule has 0 fully saturated rings. The highest BCUT2D eigenvalue weighted by molar-refractivity contribution is 6.12. The number of aromatic nitrogens is 15. The van der Waals surface area contributed by atoms with Crippen LogP contribution in [0.4, 0.5) is 0 Å². The molecule has 12 aromatic heterocycles. The lowest BCUT2D eigenvalue weighted by molar-refractivity contribution is 0.415. The molecule has 16 heteroatoms. The molecule has 0 bridgehead atoms. The standard InChI is InChI=1S/C32H23N5.C31H21N5.C29H17N5O/c1-32(2,3)22-16-27-29-28(17-22)36-26-15-21-11-7-5-9-19(21)13-24(26)34-31(36)37(29)30-33-23-12-18-8-4-6-10-20(18)14-25(23)35(27)30;1-17(2)22-15-27-29-28(16-22)35-26-14-21-10-6-4-8-19(21)12-24(26)33-31(35)36(29)30-32-23-11-18-7-3-5-9-20(18)13-25(23)34(27)30;1-35-20-14-25-27-26(15-20)33-24-13-19-9-5-3-7-17(19)11-22(24)31-29(33)34(27)28-30-21-10-16-6-2-4-8-18(16)12-23(21)32(25)28/h4-17H,1-3H3;3-17H,1-2H3;2-15H,1H3. The van der Waals surface area contributed by atoms with E-state index in [1.165, 1.54) is 109 Å². The SMILES string of the molecule is CC(C)(C)c1cc2c3c(c1)n1c4cc5ccccc5cc4nc1n3c1nc3cc4ccccc4cc3n21.CC(C)c1cc2c3c(c1)n1c4cc5ccccc5cc4nc1n3c1nc3cc4ccccc4cc3n21.COc1cc2c3c(c1)n1c4cc5ccccc5cc4nc1n3c1nc3cc4ccccc4cc3n21. The fourth-order valence-corrected chi connectivity index (χ4v) is 18.1. The fraction of sp³-hybridized carbons (Fsp3) is 0.0870. The summed E-state index contributed by atoms with van der Waals surface area (Å²) >= 11 is 0. The van der Waals surface area contributed by atoms with E-state index in [9.17, 15) is 0 Å². The van der Waals surface area contributed by atoms with Gasteiger partial charge in [0, 0.05) is 12.1 Å². The summed E-state index contributed by atoms with van der Waals surface area (Å²) in [6, 6.07) is 91.2. The molecule has 12 heterocycles. The highest BCUT2D eigenvalue weighted by atomic mass is 16.5. The van der Waals surface area contributed by atoms with Crippen molar-refractivity contribution in [3.05, 3.63) is 266 Å². The molecule has 0 aliphatic heterocycles. The average Bonchev–Trinajstić information content (AvgIpc) is 1.55. The molecule has 0 saturated heterocycles. The molecule has 27 aromatic rings. The van der Waals surface area contributed by atoms with E-state index in [0.29, 0.717) is 5.92 Å². The van der Waals surface area contributed by atoms with Crippen molar-refractivity contribution in [2.45, 2.75) is 46.0 Å². The smallest absolute Gasteiger partial charge is 0.223 e. The number of benzene rings is 15. The Morgan fingerprint density at radius 2 is 0.454 bits per heavy atom. The normalized spacial score (nSPS) is 13.0. The van der Waals surface area contributed by atoms with Gasteiger partial charge in [-0.3, -0.25) is 26.4 Å². The van der Waals surface area contributed by atoms with Gasteiger partial charge in [0.05, 0.1) is 106 Å². The molecule has 0 amide bonds. The third-order valence-electron chi connectivity index (χ3n) is 23.3. The van der Waals surface area contributed by atoms with Crippen molar-refractivity contribution in [2.75, 3.05) is 7.11 Å². The molecule has 0 spiro atoms. The number of imidazole rings is 12. The Balaban J connectivity index is 0.0000000931. The predicted molar refractivity (Wildman–Crippen MR) is 440 cm³/mol. The van der Waals surface area contributed by atoms with Crippen LogP contribution in [0.2, 0.25) is 0 Å². The molecule has 0 aliphatic carbocycles. The predicted octanol–water partition coefficient (Wildman–Crippen LogP) is 21.7.